The molecule has 0 spiro atoms. The van der Waals surface area contributed by atoms with E-state index in [2.05, 4.69) is 10.6 Å². The molecule has 7 nitrogen and oxygen atoms in total. The molecule has 7 heteroatoms. The van der Waals surface area contributed by atoms with Gasteiger partial charge in [-0.25, -0.2) is 4.79 Å². The Balaban J connectivity index is 1.93. The summed E-state index contributed by atoms with van der Waals surface area (Å²) in [6, 6.07) is 16.9. The number of fused-ring (bicyclic) bond motifs is 1. The zero-order valence-electron chi connectivity index (χ0n) is 16.6. The highest BCUT2D eigenvalue weighted by Gasteiger charge is 2.18. The molecule has 0 aliphatic rings. The summed E-state index contributed by atoms with van der Waals surface area (Å²) in [5.41, 5.74) is 0.350. The second-order valence-electron chi connectivity index (χ2n) is 7.01. The average Bonchev–Trinajstić information content (AvgIpc) is 2.71. The third-order valence-corrected chi connectivity index (χ3v) is 4.31. The van der Waals surface area contributed by atoms with Crippen molar-refractivity contribution in [3.05, 3.63) is 71.8 Å². The Morgan fingerprint density at radius 1 is 0.933 bits per heavy atom. The number of rotatable bonds is 7. The van der Waals surface area contributed by atoms with Gasteiger partial charge in [-0.3, -0.25) is 9.59 Å². The topological polar surface area (TPSA) is 105 Å². The number of carboxylic acid groups (broad SMARTS) is 1. The van der Waals surface area contributed by atoms with Gasteiger partial charge in [-0.1, -0.05) is 36.4 Å². The largest absolute Gasteiger partial charge is 0.483 e. The molecule has 3 aromatic rings. The molecule has 2 amide bonds. The van der Waals surface area contributed by atoms with Gasteiger partial charge < -0.3 is 20.5 Å². The Labute approximate surface area is 173 Å². The van der Waals surface area contributed by atoms with Crippen LogP contribution in [0.3, 0.4) is 0 Å². The number of benzene rings is 3. The second kappa shape index (κ2) is 9.09. The minimum atomic E-state index is -1.15. The van der Waals surface area contributed by atoms with Crippen LogP contribution in [0.2, 0.25) is 0 Å². The molecule has 30 heavy (non-hydrogen) atoms. The number of anilines is 1. The molecule has 0 aliphatic carbocycles. The zero-order chi connectivity index (χ0) is 21.7. The van der Waals surface area contributed by atoms with Crippen molar-refractivity contribution in [1.82, 2.24) is 5.32 Å². The number of ether oxygens (including phenoxy) is 1. The Kier molecular flexibility index (Phi) is 6.32. The highest BCUT2D eigenvalue weighted by molar-refractivity contribution is 6.11. The standard InChI is InChI=1S/C23H22N2O5/c1-14(2)24-21(26)13-30-20-12-16-8-4-3-7-15(16)11-18(20)22(27)25-19-10-6-5-9-17(19)23(28)29/h3-12,14H,13H2,1-2H3,(H,24,26)(H,25,27)(H,28,29). The van der Waals surface area contributed by atoms with Crippen LogP contribution in [-0.4, -0.2) is 35.5 Å². The molecule has 0 radical (unpaired) electrons. The van der Waals surface area contributed by atoms with E-state index in [0.717, 1.165) is 10.8 Å². The van der Waals surface area contributed by atoms with Crippen molar-refractivity contribution in [1.29, 1.82) is 0 Å². The van der Waals surface area contributed by atoms with Gasteiger partial charge in [0, 0.05) is 6.04 Å². The third kappa shape index (κ3) is 4.94. The van der Waals surface area contributed by atoms with Crippen molar-refractivity contribution >= 4 is 34.2 Å². The lowest BCUT2D eigenvalue weighted by Crippen LogP contribution is -2.34. The van der Waals surface area contributed by atoms with Crippen molar-refractivity contribution in [2.24, 2.45) is 0 Å². The predicted molar refractivity (Wildman–Crippen MR) is 114 cm³/mol. The average molecular weight is 406 g/mol. The summed E-state index contributed by atoms with van der Waals surface area (Å²) in [5, 5.41) is 16.4. The molecule has 0 aromatic heterocycles. The van der Waals surface area contributed by atoms with Crippen molar-refractivity contribution in [2.45, 2.75) is 19.9 Å². The first-order valence-corrected chi connectivity index (χ1v) is 9.44. The van der Waals surface area contributed by atoms with Crippen LogP contribution >= 0.6 is 0 Å². The molecule has 0 bridgehead atoms. The molecule has 3 aromatic carbocycles. The van der Waals surface area contributed by atoms with E-state index >= 15 is 0 Å². The molecule has 0 saturated heterocycles. The number of nitrogens with one attached hydrogen (secondary N) is 2. The van der Waals surface area contributed by atoms with E-state index in [4.69, 9.17) is 4.74 Å². The van der Waals surface area contributed by atoms with E-state index in [1.165, 1.54) is 12.1 Å². The van der Waals surface area contributed by atoms with Crippen LogP contribution in [0.25, 0.3) is 10.8 Å². The van der Waals surface area contributed by atoms with E-state index in [0.29, 0.717) is 0 Å². The Bertz CT molecular complexity index is 1110. The van der Waals surface area contributed by atoms with Crippen molar-refractivity contribution in [2.75, 3.05) is 11.9 Å². The summed E-state index contributed by atoms with van der Waals surface area (Å²) in [4.78, 5) is 36.4. The molecule has 3 N–H and O–H groups in total. The van der Waals surface area contributed by atoms with E-state index < -0.39 is 11.9 Å². The number of hydrogen-bond donors (Lipinski definition) is 3. The fraction of sp³-hybridized carbons (Fsp3) is 0.174. The fourth-order valence-corrected chi connectivity index (χ4v) is 2.99. The van der Waals surface area contributed by atoms with Gasteiger partial charge in [0.15, 0.2) is 6.61 Å². The molecule has 0 unspecified atom stereocenters. The molecule has 0 atom stereocenters. The zero-order valence-corrected chi connectivity index (χ0v) is 16.6. The smallest absolute Gasteiger partial charge is 0.337 e. The normalized spacial score (nSPS) is 10.6. The summed E-state index contributed by atoms with van der Waals surface area (Å²) < 4.78 is 5.66. The summed E-state index contributed by atoms with van der Waals surface area (Å²) in [5.74, 6) is -1.75. The maximum atomic E-state index is 13.0. The number of carbonyl (C=O) groups excluding carboxylic acids is 2. The van der Waals surface area contributed by atoms with Gasteiger partial charge in [0.1, 0.15) is 5.75 Å². The van der Waals surface area contributed by atoms with E-state index in [1.54, 1.807) is 24.3 Å². The van der Waals surface area contributed by atoms with Crippen LogP contribution in [0.15, 0.2) is 60.7 Å². The van der Waals surface area contributed by atoms with Crippen LogP contribution in [0.5, 0.6) is 5.75 Å². The Hall–Kier alpha value is -3.87. The second-order valence-corrected chi connectivity index (χ2v) is 7.01. The lowest BCUT2D eigenvalue weighted by atomic mass is 10.0. The van der Waals surface area contributed by atoms with Gasteiger partial charge in [-0.05, 0) is 48.9 Å². The van der Waals surface area contributed by atoms with Gasteiger partial charge in [0.25, 0.3) is 11.8 Å². The van der Waals surface area contributed by atoms with Crippen molar-refractivity contribution < 1.29 is 24.2 Å². The van der Waals surface area contributed by atoms with Crippen LogP contribution in [-0.2, 0) is 4.79 Å². The third-order valence-electron chi connectivity index (χ3n) is 4.31. The summed E-state index contributed by atoms with van der Waals surface area (Å²) in [6.45, 7) is 3.43. The molecule has 0 aliphatic heterocycles. The number of carboxylic acids is 1. The van der Waals surface area contributed by atoms with E-state index in [-0.39, 0.29) is 41.1 Å². The van der Waals surface area contributed by atoms with Crippen LogP contribution in [0, 0.1) is 0 Å². The monoisotopic (exact) mass is 406 g/mol. The minimum absolute atomic E-state index is 0.0228. The molecule has 0 heterocycles. The maximum absolute atomic E-state index is 13.0. The van der Waals surface area contributed by atoms with Gasteiger partial charge >= 0.3 is 5.97 Å². The highest BCUT2D eigenvalue weighted by atomic mass is 16.5. The van der Waals surface area contributed by atoms with Gasteiger partial charge in [-0.2, -0.15) is 0 Å². The number of para-hydroxylation sites is 1. The lowest BCUT2D eigenvalue weighted by Gasteiger charge is -2.15. The van der Waals surface area contributed by atoms with Gasteiger partial charge in [-0.15, -0.1) is 0 Å². The molecule has 3 rings (SSSR count). The van der Waals surface area contributed by atoms with Crippen LogP contribution in [0.1, 0.15) is 34.6 Å². The predicted octanol–water partition coefficient (Wildman–Crippen LogP) is 3.69. The van der Waals surface area contributed by atoms with Gasteiger partial charge in [0.2, 0.25) is 0 Å². The van der Waals surface area contributed by atoms with E-state index in [1.807, 2.05) is 38.1 Å². The summed E-state index contributed by atoms with van der Waals surface area (Å²) in [7, 11) is 0. The molecule has 0 fully saturated rings. The number of carbonyl (C=O) groups is 3. The fourth-order valence-electron chi connectivity index (χ4n) is 2.99. The molecule has 154 valence electrons. The number of hydrogen-bond acceptors (Lipinski definition) is 4. The Morgan fingerprint density at radius 2 is 1.57 bits per heavy atom. The van der Waals surface area contributed by atoms with Gasteiger partial charge in [0.05, 0.1) is 16.8 Å². The summed E-state index contributed by atoms with van der Waals surface area (Å²) >= 11 is 0. The van der Waals surface area contributed by atoms with E-state index in [9.17, 15) is 19.5 Å². The Morgan fingerprint density at radius 3 is 2.23 bits per heavy atom. The summed E-state index contributed by atoms with van der Waals surface area (Å²) in [6.07, 6.45) is 0. The lowest BCUT2D eigenvalue weighted by molar-refractivity contribution is -0.123. The van der Waals surface area contributed by atoms with Crippen molar-refractivity contribution in [3.63, 3.8) is 0 Å². The van der Waals surface area contributed by atoms with Crippen LogP contribution in [0.4, 0.5) is 5.69 Å². The first kappa shape index (κ1) is 20.9. The van der Waals surface area contributed by atoms with Crippen molar-refractivity contribution in [3.8, 4) is 5.75 Å². The molecule has 0 saturated carbocycles. The number of aromatic carboxylic acids is 1. The maximum Gasteiger partial charge on any atom is 0.337 e. The molecular weight excluding hydrogens is 384 g/mol. The van der Waals surface area contributed by atoms with Crippen LogP contribution < -0.4 is 15.4 Å². The SMILES string of the molecule is CC(C)NC(=O)COc1cc2ccccc2cc1C(=O)Nc1ccccc1C(=O)O. The first-order valence-electron chi connectivity index (χ1n) is 9.44. The molecular formula is C23H22N2O5. The minimum Gasteiger partial charge on any atom is -0.483 e. The first-order chi connectivity index (χ1) is 14.3. The quantitative estimate of drug-likeness (QED) is 0.555. The number of amides is 2. The highest BCUT2D eigenvalue weighted by Crippen LogP contribution is 2.27.